The summed E-state index contributed by atoms with van der Waals surface area (Å²) in [4.78, 5) is 0. The number of hydrogen-bond acceptors (Lipinski definition) is 2. The molecule has 150 valence electrons. The number of unbranched alkanes of at least 4 members (excludes halogenated alkanes) is 9. The first-order valence-electron chi connectivity index (χ1n) is 11.3. The van der Waals surface area contributed by atoms with Crippen molar-refractivity contribution in [3.8, 4) is 5.75 Å². The van der Waals surface area contributed by atoms with Crippen molar-refractivity contribution in [3.63, 3.8) is 0 Å². The highest BCUT2D eigenvalue weighted by molar-refractivity contribution is 5.29. The lowest BCUT2D eigenvalue weighted by Gasteiger charge is -2.18. The summed E-state index contributed by atoms with van der Waals surface area (Å²) in [6.45, 7) is 8.76. The van der Waals surface area contributed by atoms with Gasteiger partial charge in [0.05, 0.1) is 6.61 Å². The maximum Gasteiger partial charge on any atom is 0.119 e. The SMILES string of the molecule is CCCCCCCCNC(CC)c1ccc(OCCCCCCC)cc1. The lowest BCUT2D eigenvalue weighted by atomic mass is 10.0. The van der Waals surface area contributed by atoms with Crippen LogP contribution in [0.25, 0.3) is 0 Å². The van der Waals surface area contributed by atoms with Crippen molar-refractivity contribution in [3.05, 3.63) is 29.8 Å². The Morgan fingerprint density at radius 2 is 1.31 bits per heavy atom. The molecular weight excluding hydrogens is 318 g/mol. The minimum Gasteiger partial charge on any atom is -0.494 e. The predicted molar refractivity (Wildman–Crippen MR) is 115 cm³/mol. The largest absolute Gasteiger partial charge is 0.494 e. The Bertz CT molecular complexity index is 415. The molecule has 0 saturated carbocycles. The quantitative estimate of drug-likeness (QED) is 0.291. The van der Waals surface area contributed by atoms with Crippen LogP contribution >= 0.6 is 0 Å². The molecule has 0 heterocycles. The first-order valence-corrected chi connectivity index (χ1v) is 11.3. The summed E-state index contributed by atoms with van der Waals surface area (Å²) in [7, 11) is 0. The van der Waals surface area contributed by atoms with E-state index >= 15 is 0 Å². The molecule has 0 radical (unpaired) electrons. The van der Waals surface area contributed by atoms with Crippen LogP contribution in [0.15, 0.2) is 24.3 Å². The van der Waals surface area contributed by atoms with Crippen LogP contribution in [0, 0.1) is 0 Å². The number of rotatable bonds is 17. The molecule has 2 heteroatoms. The maximum atomic E-state index is 5.88. The van der Waals surface area contributed by atoms with Crippen molar-refractivity contribution in [1.29, 1.82) is 0 Å². The zero-order valence-corrected chi connectivity index (χ0v) is 17.7. The molecule has 0 amide bonds. The summed E-state index contributed by atoms with van der Waals surface area (Å²) in [5.74, 6) is 1.01. The molecule has 0 fully saturated rings. The summed E-state index contributed by atoms with van der Waals surface area (Å²) < 4.78 is 5.88. The molecule has 0 spiro atoms. The van der Waals surface area contributed by atoms with Crippen molar-refractivity contribution < 1.29 is 4.74 Å². The first kappa shape index (κ1) is 23.0. The molecule has 26 heavy (non-hydrogen) atoms. The lowest BCUT2D eigenvalue weighted by Crippen LogP contribution is -2.21. The Hall–Kier alpha value is -1.02. The third-order valence-corrected chi connectivity index (χ3v) is 5.13. The van der Waals surface area contributed by atoms with Gasteiger partial charge < -0.3 is 10.1 Å². The van der Waals surface area contributed by atoms with Crippen molar-refractivity contribution in [2.45, 2.75) is 104 Å². The number of nitrogens with one attached hydrogen (secondary N) is 1. The van der Waals surface area contributed by atoms with E-state index in [9.17, 15) is 0 Å². The van der Waals surface area contributed by atoms with E-state index in [0.717, 1.165) is 25.3 Å². The van der Waals surface area contributed by atoms with E-state index in [-0.39, 0.29) is 0 Å². The number of hydrogen-bond donors (Lipinski definition) is 1. The van der Waals surface area contributed by atoms with Crippen LogP contribution in [0.5, 0.6) is 5.75 Å². The normalized spacial score (nSPS) is 12.3. The Kier molecular flexibility index (Phi) is 14.3. The van der Waals surface area contributed by atoms with Gasteiger partial charge in [0.2, 0.25) is 0 Å². The van der Waals surface area contributed by atoms with Crippen LogP contribution in [0.4, 0.5) is 0 Å². The fourth-order valence-corrected chi connectivity index (χ4v) is 3.37. The van der Waals surface area contributed by atoms with Gasteiger partial charge in [0, 0.05) is 6.04 Å². The molecule has 1 unspecified atom stereocenters. The van der Waals surface area contributed by atoms with Gasteiger partial charge in [-0.1, -0.05) is 90.7 Å². The summed E-state index contributed by atoms with van der Waals surface area (Å²) in [5.41, 5.74) is 1.38. The van der Waals surface area contributed by atoms with E-state index < -0.39 is 0 Å². The highest BCUT2D eigenvalue weighted by Crippen LogP contribution is 2.20. The minimum absolute atomic E-state index is 0.466. The molecule has 0 aromatic heterocycles. The second-order valence-electron chi connectivity index (χ2n) is 7.51. The van der Waals surface area contributed by atoms with E-state index in [1.54, 1.807) is 0 Å². The van der Waals surface area contributed by atoms with Crippen molar-refractivity contribution in [2.75, 3.05) is 13.2 Å². The van der Waals surface area contributed by atoms with E-state index in [1.165, 1.54) is 76.2 Å². The van der Waals surface area contributed by atoms with Gasteiger partial charge in [0.15, 0.2) is 0 Å². The Labute approximate surface area is 163 Å². The molecule has 0 saturated heterocycles. The van der Waals surface area contributed by atoms with E-state index in [2.05, 4.69) is 50.4 Å². The molecule has 1 aromatic carbocycles. The van der Waals surface area contributed by atoms with Crippen LogP contribution in [-0.2, 0) is 0 Å². The minimum atomic E-state index is 0.466. The van der Waals surface area contributed by atoms with Gasteiger partial charge in [-0.3, -0.25) is 0 Å². The van der Waals surface area contributed by atoms with E-state index in [0.29, 0.717) is 6.04 Å². The first-order chi connectivity index (χ1) is 12.8. The van der Waals surface area contributed by atoms with Crippen LogP contribution in [0.3, 0.4) is 0 Å². The standard InChI is InChI=1S/C24H43NO/c1-4-7-9-11-12-14-20-25-24(6-3)22-16-18-23(19-17-22)26-21-15-13-10-8-5-2/h16-19,24-25H,4-15,20-21H2,1-3H3. The Balaban J connectivity index is 2.22. The second kappa shape index (κ2) is 16.2. The topological polar surface area (TPSA) is 21.3 Å². The van der Waals surface area contributed by atoms with Crippen LogP contribution in [0.2, 0.25) is 0 Å². The highest BCUT2D eigenvalue weighted by Gasteiger charge is 2.08. The van der Waals surface area contributed by atoms with Gasteiger partial charge >= 0.3 is 0 Å². The van der Waals surface area contributed by atoms with Crippen LogP contribution < -0.4 is 10.1 Å². The molecule has 1 aromatic rings. The summed E-state index contributed by atoms with van der Waals surface area (Å²) in [6.07, 6.45) is 15.7. The predicted octanol–water partition coefficient (Wildman–Crippen LogP) is 7.44. The maximum absolute atomic E-state index is 5.88. The van der Waals surface area contributed by atoms with Crippen LogP contribution in [0.1, 0.15) is 109 Å². The zero-order valence-electron chi connectivity index (χ0n) is 17.7. The van der Waals surface area contributed by atoms with Crippen LogP contribution in [-0.4, -0.2) is 13.2 Å². The fourth-order valence-electron chi connectivity index (χ4n) is 3.37. The van der Waals surface area contributed by atoms with Gasteiger partial charge in [-0.25, -0.2) is 0 Å². The summed E-state index contributed by atoms with van der Waals surface area (Å²) in [6, 6.07) is 9.20. The van der Waals surface area contributed by atoms with Crippen molar-refractivity contribution >= 4 is 0 Å². The van der Waals surface area contributed by atoms with Gasteiger partial charge in [0.25, 0.3) is 0 Å². The number of benzene rings is 1. The monoisotopic (exact) mass is 361 g/mol. The smallest absolute Gasteiger partial charge is 0.119 e. The van der Waals surface area contributed by atoms with Gasteiger partial charge in [0.1, 0.15) is 5.75 Å². The molecule has 1 rings (SSSR count). The second-order valence-corrected chi connectivity index (χ2v) is 7.51. The Morgan fingerprint density at radius 3 is 1.92 bits per heavy atom. The molecule has 2 nitrogen and oxygen atoms in total. The molecule has 1 N–H and O–H groups in total. The molecule has 0 aliphatic rings. The highest BCUT2D eigenvalue weighted by atomic mass is 16.5. The third kappa shape index (κ3) is 10.9. The van der Waals surface area contributed by atoms with Gasteiger partial charge in [-0.15, -0.1) is 0 Å². The number of ether oxygens (including phenoxy) is 1. The zero-order chi connectivity index (χ0) is 18.9. The molecule has 1 atom stereocenters. The van der Waals surface area contributed by atoms with Gasteiger partial charge in [-0.2, -0.15) is 0 Å². The lowest BCUT2D eigenvalue weighted by molar-refractivity contribution is 0.304. The summed E-state index contributed by atoms with van der Waals surface area (Å²) in [5, 5.41) is 3.73. The summed E-state index contributed by atoms with van der Waals surface area (Å²) >= 11 is 0. The fraction of sp³-hybridized carbons (Fsp3) is 0.750. The molecule has 0 bridgehead atoms. The average molecular weight is 362 g/mol. The Morgan fingerprint density at radius 1 is 0.731 bits per heavy atom. The molecule has 0 aliphatic carbocycles. The van der Waals surface area contributed by atoms with Crippen molar-refractivity contribution in [2.24, 2.45) is 0 Å². The van der Waals surface area contributed by atoms with Crippen molar-refractivity contribution in [1.82, 2.24) is 5.32 Å². The van der Waals surface area contributed by atoms with E-state index in [1.807, 2.05) is 0 Å². The molecular formula is C24H43NO. The third-order valence-electron chi connectivity index (χ3n) is 5.13. The molecule has 0 aliphatic heterocycles. The average Bonchev–Trinajstić information content (AvgIpc) is 2.67. The van der Waals surface area contributed by atoms with E-state index in [4.69, 9.17) is 4.74 Å². The van der Waals surface area contributed by atoms with Gasteiger partial charge in [-0.05, 0) is 43.5 Å².